The van der Waals surface area contributed by atoms with Crippen molar-refractivity contribution in [3.05, 3.63) is 0 Å². The lowest BCUT2D eigenvalue weighted by atomic mass is 10.2. The average molecular weight is 230 g/mol. The Labute approximate surface area is 94.6 Å². The molecule has 1 fully saturated rings. The van der Waals surface area contributed by atoms with Gasteiger partial charge >= 0.3 is 0 Å². The van der Waals surface area contributed by atoms with Gasteiger partial charge < -0.3 is 10.6 Å². The third-order valence-corrected chi connectivity index (χ3v) is 3.40. The quantitative estimate of drug-likeness (QED) is 0.724. The SMILES string of the molecule is CNC(=O)CSCC(=O)NC1CCCC1. The van der Waals surface area contributed by atoms with Gasteiger partial charge in [-0.15, -0.1) is 11.8 Å². The molecule has 1 aliphatic rings. The molecule has 0 spiro atoms. The van der Waals surface area contributed by atoms with E-state index in [1.54, 1.807) is 7.05 Å². The van der Waals surface area contributed by atoms with Gasteiger partial charge in [-0.25, -0.2) is 0 Å². The average Bonchev–Trinajstić information content (AvgIpc) is 2.70. The molecule has 0 unspecified atom stereocenters. The summed E-state index contributed by atoms with van der Waals surface area (Å²) in [4.78, 5) is 22.3. The van der Waals surface area contributed by atoms with Crippen molar-refractivity contribution >= 4 is 23.6 Å². The van der Waals surface area contributed by atoms with Crippen LogP contribution < -0.4 is 10.6 Å². The predicted molar refractivity (Wildman–Crippen MR) is 61.8 cm³/mol. The first-order valence-corrected chi connectivity index (χ1v) is 6.45. The second kappa shape index (κ2) is 6.71. The lowest BCUT2D eigenvalue weighted by Crippen LogP contribution is -2.34. The van der Waals surface area contributed by atoms with Crippen LogP contribution in [0.3, 0.4) is 0 Å². The van der Waals surface area contributed by atoms with Crippen LogP contribution in [-0.4, -0.2) is 36.4 Å². The van der Waals surface area contributed by atoms with Crippen LogP contribution in [0.5, 0.6) is 0 Å². The smallest absolute Gasteiger partial charge is 0.230 e. The van der Waals surface area contributed by atoms with Gasteiger partial charge in [0.2, 0.25) is 11.8 Å². The van der Waals surface area contributed by atoms with E-state index in [4.69, 9.17) is 0 Å². The molecule has 0 bridgehead atoms. The summed E-state index contributed by atoms with van der Waals surface area (Å²) in [6.07, 6.45) is 4.64. The van der Waals surface area contributed by atoms with Crippen molar-refractivity contribution in [2.45, 2.75) is 31.7 Å². The van der Waals surface area contributed by atoms with Gasteiger partial charge in [0, 0.05) is 13.1 Å². The molecule has 0 atom stereocenters. The molecule has 0 aromatic heterocycles. The number of hydrogen-bond donors (Lipinski definition) is 2. The zero-order valence-corrected chi connectivity index (χ0v) is 9.86. The van der Waals surface area contributed by atoms with Gasteiger partial charge in [-0.05, 0) is 12.8 Å². The van der Waals surface area contributed by atoms with Crippen LogP contribution in [0.15, 0.2) is 0 Å². The van der Waals surface area contributed by atoms with E-state index in [0.29, 0.717) is 17.5 Å². The van der Waals surface area contributed by atoms with Gasteiger partial charge in [-0.1, -0.05) is 12.8 Å². The third-order valence-electron chi connectivity index (χ3n) is 2.47. The van der Waals surface area contributed by atoms with Crippen molar-refractivity contribution in [2.24, 2.45) is 0 Å². The van der Waals surface area contributed by atoms with E-state index in [1.165, 1.54) is 24.6 Å². The molecule has 0 saturated heterocycles. The summed E-state index contributed by atoms with van der Waals surface area (Å²) in [5.74, 6) is 0.753. The fourth-order valence-electron chi connectivity index (χ4n) is 1.65. The fraction of sp³-hybridized carbons (Fsp3) is 0.800. The van der Waals surface area contributed by atoms with Crippen molar-refractivity contribution in [3.63, 3.8) is 0 Å². The second-order valence-corrected chi connectivity index (χ2v) is 4.70. The molecule has 1 rings (SSSR count). The lowest BCUT2D eigenvalue weighted by molar-refractivity contribution is -0.119. The minimum absolute atomic E-state index is 0.0336. The molecule has 0 aromatic rings. The molecule has 0 aliphatic heterocycles. The maximum atomic E-state index is 11.4. The summed E-state index contributed by atoms with van der Waals surface area (Å²) < 4.78 is 0. The highest BCUT2D eigenvalue weighted by atomic mass is 32.2. The maximum absolute atomic E-state index is 11.4. The molecule has 5 heteroatoms. The van der Waals surface area contributed by atoms with Gasteiger partial charge in [0.1, 0.15) is 0 Å². The van der Waals surface area contributed by atoms with E-state index in [9.17, 15) is 9.59 Å². The van der Waals surface area contributed by atoms with Crippen molar-refractivity contribution in [3.8, 4) is 0 Å². The van der Waals surface area contributed by atoms with Gasteiger partial charge in [-0.2, -0.15) is 0 Å². The number of amides is 2. The Morgan fingerprint density at radius 3 is 2.40 bits per heavy atom. The summed E-state index contributed by atoms with van der Waals surface area (Å²) in [5, 5.41) is 5.50. The van der Waals surface area contributed by atoms with Crippen molar-refractivity contribution < 1.29 is 9.59 Å². The summed E-state index contributed by atoms with van der Waals surface area (Å²) in [6.45, 7) is 0. The normalized spacial score (nSPS) is 16.3. The van der Waals surface area contributed by atoms with Crippen molar-refractivity contribution in [2.75, 3.05) is 18.6 Å². The number of rotatable bonds is 5. The zero-order chi connectivity index (χ0) is 11.1. The number of hydrogen-bond acceptors (Lipinski definition) is 3. The molecule has 2 amide bonds. The fourth-order valence-corrected chi connectivity index (χ4v) is 2.35. The van der Waals surface area contributed by atoms with Crippen LogP contribution in [0.1, 0.15) is 25.7 Å². The van der Waals surface area contributed by atoms with E-state index in [-0.39, 0.29) is 11.8 Å². The van der Waals surface area contributed by atoms with E-state index >= 15 is 0 Å². The first kappa shape index (κ1) is 12.4. The largest absolute Gasteiger partial charge is 0.358 e. The van der Waals surface area contributed by atoms with Crippen LogP contribution in [0.25, 0.3) is 0 Å². The highest BCUT2D eigenvalue weighted by Gasteiger charge is 2.16. The van der Waals surface area contributed by atoms with E-state index in [1.807, 2.05) is 0 Å². The number of carbonyl (C=O) groups excluding carboxylic acids is 2. The monoisotopic (exact) mass is 230 g/mol. The van der Waals surface area contributed by atoms with E-state index in [2.05, 4.69) is 10.6 Å². The van der Waals surface area contributed by atoms with Crippen molar-refractivity contribution in [1.29, 1.82) is 0 Å². The summed E-state index contributed by atoms with van der Waals surface area (Å²) in [5.41, 5.74) is 0. The van der Waals surface area contributed by atoms with Crippen LogP contribution >= 0.6 is 11.8 Å². The van der Waals surface area contributed by atoms with Crippen LogP contribution in [0.4, 0.5) is 0 Å². The molecule has 1 saturated carbocycles. The first-order valence-electron chi connectivity index (χ1n) is 5.30. The van der Waals surface area contributed by atoms with E-state index < -0.39 is 0 Å². The Hall–Kier alpha value is -0.710. The Balaban J connectivity index is 2.05. The molecule has 15 heavy (non-hydrogen) atoms. The van der Waals surface area contributed by atoms with Crippen LogP contribution in [0.2, 0.25) is 0 Å². The molecule has 1 aliphatic carbocycles. The molecule has 0 heterocycles. The maximum Gasteiger partial charge on any atom is 0.230 e. The van der Waals surface area contributed by atoms with Crippen LogP contribution in [0, 0.1) is 0 Å². The predicted octanol–water partition coefficient (Wildman–Crippen LogP) is 0.524. The first-order chi connectivity index (χ1) is 7.22. The van der Waals surface area contributed by atoms with Gasteiger partial charge in [-0.3, -0.25) is 9.59 Å². The minimum Gasteiger partial charge on any atom is -0.358 e. The molecule has 86 valence electrons. The Morgan fingerprint density at radius 2 is 1.80 bits per heavy atom. The molecule has 4 nitrogen and oxygen atoms in total. The highest BCUT2D eigenvalue weighted by Crippen LogP contribution is 2.17. The topological polar surface area (TPSA) is 58.2 Å². The van der Waals surface area contributed by atoms with Gasteiger partial charge in [0.25, 0.3) is 0 Å². The summed E-state index contributed by atoms with van der Waals surface area (Å²) in [6, 6.07) is 0.373. The summed E-state index contributed by atoms with van der Waals surface area (Å²) >= 11 is 1.35. The number of thioether (sulfide) groups is 1. The Kier molecular flexibility index (Phi) is 5.53. The molecular weight excluding hydrogens is 212 g/mol. The molecule has 0 radical (unpaired) electrons. The number of nitrogens with one attached hydrogen (secondary N) is 2. The Morgan fingerprint density at radius 1 is 1.20 bits per heavy atom. The standard InChI is InChI=1S/C10H18N2O2S/c1-11-9(13)6-15-7-10(14)12-8-4-2-3-5-8/h8H,2-7H2,1H3,(H,11,13)(H,12,14). The Bertz CT molecular complexity index is 227. The van der Waals surface area contributed by atoms with Crippen LogP contribution in [-0.2, 0) is 9.59 Å². The van der Waals surface area contributed by atoms with E-state index in [0.717, 1.165) is 12.8 Å². The van der Waals surface area contributed by atoms with Gasteiger partial charge in [0.15, 0.2) is 0 Å². The lowest BCUT2D eigenvalue weighted by Gasteiger charge is -2.11. The zero-order valence-electron chi connectivity index (χ0n) is 9.04. The molecule has 0 aromatic carbocycles. The molecule has 2 N–H and O–H groups in total. The minimum atomic E-state index is -0.0336. The second-order valence-electron chi connectivity index (χ2n) is 3.71. The van der Waals surface area contributed by atoms with Crippen molar-refractivity contribution in [1.82, 2.24) is 10.6 Å². The van der Waals surface area contributed by atoms with Gasteiger partial charge in [0.05, 0.1) is 11.5 Å². The third kappa shape index (κ3) is 5.06. The highest BCUT2D eigenvalue weighted by molar-refractivity contribution is 8.00. The summed E-state index contributed by atoms with van der Waals surface area (Å²) in [7, 11) is 1.60. The number of carbonyl (C=O) groups is 2. The molecular formula is C10H18N2O2S.